The van der Waals surface area contributed by atoms with Gasteiger partial charge in [-0.05, 0) is 0 Å². The van der Waals surface area contributed by atoms with E-state index < -0.39 is 12.2 Å². The maximum atomic E-state index is 10.3. The fourth-order valence-corrected chi connectivity index (χ4v) is 0.117. The van der Waals surface area contributed by atoms with Gasteiger partial charge in [-0.15, -0.1) is 13.2 Å². The van der Waals surface area contributed by atoms with Crippen LogP contribution in [0, 0.1) is 0 Å². The second-order valence-corrected chi connectivity index (χ2v) is 1.30. The molecule has 0 rings (SSSR count). The lowest BCUT2D eigenvalue weighted by Crippen LogP contribution is -1.87. The van der Waals surface area contributed by atoms with E-state index in [9.17, 15) is 22.4 Å². The summed E-state index contributed by atoms with van der Waals surface area (Å²) in [6.07, 6.45) is -4.72. The van der Waals surface area contributed by atoms with Gasteiger partial charge in [-0.3, -0.25) is 4.79 Å². The Kier molecular flexibility index (Phi) is 18.2. The molecular weight excluding hydrogens is 204 g/mol. The fraction of sp³-hybridized carbons (Fsp3) is 0.125. The lowest BCUT2D eigenvalue weighted by atomic mass is 10.8. The zero-order valence-electron chi connectivity index (χ0n) is 7.53. The summed E-state index contributed by atoms with van der Waals surface area (Å²) >= 11 is 0. The molecule has 0 heterocycles. The molecule has 0 aliphatic carbocycles. The molecule has 0 aromatic rings. The van der Waals surface area contributed by atoms with E-state index in [0.29, 0.717) is 0 Å². The highest BCUT2D eigenvalue weighted by atomic mass is 19.3. The number of carbonyl (C=O) groups is 1. The number of halogens is 4. The van der Waals surface area contributed by atoms with Crippen LogP contribution in [0.1, 0.15) is 6.92 Å². The Labute approximate surface area is 79.2 Å². The number of hydrogen-bond donors (Lipinski definition) is 0. The number of hydrogen-bond acceptors (Lipinski definition) is 2. The topological polar surface area (TPSA) is 26.3 Å². The largest absolute Gasteiger partial charge is 0.435 e. The Morgan fingerprint density at radius 3 is 1.43 bits per heavy atom. The Hall–Kier alpha value is -1.59. The quantitative estimate of drug-likeness (QED) is 0.289. The third-order valence-electron chi connectivity index (χ3n) is 0.392. The predicted octanol–water partition coefficient (Wildman–Crippen LogP) is 3.49. The molecule has 0 fully saturated rings. The molecule has 0 saturated carbocycles. The van der Waals surface area contributed by atoms with Crippen molar-refractivity contribution in [3.8, 4) is 0 Å². The molecule has 14 heavy (non-hydrogen) atoms. The minimum atomic E-state index is -2.91. The first-order valence-corrected chi connectivity index (χ1v) is 3.06. The highest BCUT2D eigenvalue weighted by Gasteiger charge is 1.98. The van der Waals surface area contributed by atoms with Crippen molar-refractivity contribution in [3.05, 3.63) is 38.2 Å². The van der Waals surface area contributed by atoms with E-state index in [1.54, 1.807) is 0 Å². The van der Waals surface area contributed by atoms with Gasteiger partial charge in [-0.2, -0.15) is 17.6 Å². The molecule has 6 heteroatoms. The molecule has 0 unspecified atom stereocenters. The van der Waals surface area contributed by atoms with Gasteiger partial charge in [0.25, 0.3) is 0 Å². The van der Waals surface area contributed by atoms with Crippen molar-refractivity contribution >= 4 is 5.97 Å². The van der Waals surface area contributed by atoms with Crippen molar-refractivity contribution in [2.75, 3.05) is 0 Å². The molecule has 0 aromatic heterocycles. The summed E-state index contributed by atoms with van der Waals surface area (Å²) in [5, 5.41) is 0. The minimum Gasteiger partial charge on any atom is -0.435 e. The van der Waals surface area contributed by atoms with Gasteiger partial charge in [0.2, 0.25) is 0 Å². The van der Waals surface area contributed by atoms with E-state index in [1.165, 1.54) is 6.92 Å². The summed E-state index contributed by atoms with van der Waals surface area (Å²) in [4.78, 5) is 9.75. The number of carbonyl (C=O) groups excluding carboxylic acids is 1. The van der Waals surface area contributed by atoms with Gasteiger partial charge in [-0.25, -0.2) is 0 Å². The van der Waals surface area contributed by atoms with Crippen LogP contribution >= 0.6 is 0 Å². The number of esters is 1. The second-order valence-electron chi connectivity index (χ2n) is 1.30. The molecule has 0 aromatic carbocycles. The molecular formula is C8H10F4O2. The first kappa shape index (κ1) is 18.2. The summed E-state index contributed by atoms with van der Waals surface area (Å²) < 4.78 is 45.3. The summed E-state index contributed by atoms with van der Waals surface area (Å²) in [5.74, 6) is -0.329. The summed E-state index contributed by atoms with van der Waals surface area (Å²) in [6.45, 7) is 10.5. The standard InChI is InChI=1S/C4H6O2.C2F4.C2H4/c1-3-6-4(2)5;3-1(4)2(5)6;1-2/h3H,1H2,2H3;;1-2H2. The zero-order valence-corrected chi connectivity index (χ0v) is 7.53. The molecule has 0 N–H and O–H groups in total. The van der Waals surface area contributed by atoms with E-state index in [0.717, 1.165) is 6.26 Å². The van der Waals surface area contributed by atoms with Crippen LogP contribution in [-0.2, 0) is 9.53 Å². The first-order chi connectivity index (χ1) is 6.41. The van der Waals surface area contributed by atoms with Crippen molar-refractivity contribution in [3.63, 3.8) is 0 Å². The van der Waals surface area contributed by atoms with E-state index >= 15 is 0 Å². The molecule has 0 amide bonds. The van der Waals surface area contributed by atoms with Gasteiger partial charge in [0.15, 0.2) is 0 Å². The van der Waals surface area contributed by atoms with Crippen LogP contribution < -0.4 is 0 Å². The summed E-state index contributed by atoms with van der Waals surface area (Å²) in [5.41, 5.74) is 0. The lowest BCUT2D eigenvalue weighted by Gasteiger charge is -1.83. The van der Waals surface area contributed by atoms with Crippen molar-refractivity contribution in [2.24, 2.45) is 0 Å². The van der Waals surface area contributed by atoms with E-state index in [1.807, 2.05) is 0 Å². The van der Waals surface area contributed by atoms with Crippen molar-refractivity contribution in [1.29, 1.82) is 0 Å². The molecule has 0 aliphatic rings. The van der Waals surface area contributed by atoms with Crippen LogP contribution in [0.15, 0.2) is 38.2 Å². The molecule has 0 spiro atoms. The van der Waals surface area contributed by atoms with Crippen molar-refractivity contribution in [1.82, 2.24) is 0 Å². The van der Waals surface area contributed by atoms with Gasteiger partial charge >= 0.3 is 18.1 Å². The Bertz CT molecular complexity index is 184. The first-order valence-electron chi connectivity index (χ1n) is 3.06. The van der Waals surface area contributed by atoms with E-state index in [-0.39, 0.29) is 5.97 Å². The monoisotopic (exact) mass is 214 g/mol. The SMILES string of the molecule is C=C.C=COC(C)=O.FC(F)=C(F)F. The average Bonchev–Trinajstić information content (AvgIpc) is 2.08. The van der Waals surface area contributed by atoms with Gasteiger partial charge in [0, 0.05) is 6.92 Å². The van der Waals surface area contributed by atoms with Crippen LogP contribution in [0.25, 0.3) is 0 Å². The number of ether oxygens (including phenoxy) is 1. The molecule has 0 atom stereocenters. The predicted molar refractivity (Wildman–Crippen MR) is 44.7 cm³/mol. The second kappa shape index (κ2) is 14.0. The molecule has 82 valence electrons. The van der Waals surface area contributed by atoms with Crippen LogP contribution in [-0.4, -0.2) is 5.97 Å². The zero-order chi connectivity index (χ0) is 12.1. The summed E-state index contributed by atoms with van der Waals surface area (Å²) in [7, 11) is 0. The van der Waals surface area contributed by atoms with Gasteiger partial charge in [0.1, 0.15) is 0 Å². The van der Waals surface area contributed by atoms with Gasteiger partial charge in [0.05, 0.1) is 6.26 Å². The van der Waals surface area contributed by atoms with E-state index in [4.69, 9.17) is 0 Å². The Morgan fingerprint density at radius 2 is 1.43 bits per heavy atom. The van der Waals surface area contributed by atoms with Crippen LogP contribution in [0.2, 0.25) is 0 Å². The summed E-state index contributed by atoms with van der Waals surface area (Å²) in [6, 6.07) is 0. The third kappa shape index (κ3) is 31.5. The molecule has 0 saturated heterocycles. The normalized spacial score (nSPS) is 6.64. The fourth-order valence-electron chi connectivity index (χ4n) is 0.117. The van der Waals surface area contributed by atoms with E-state index in [2.05, 4.69) is 24.5 Å². The minimum absolute atomic E-state index is 0.329. The van der Waals surface area contributed by atoms with Crippen molar-refractivity contribution < 1.29 is 27.1 Å². The lowest BCUT2D eigenvalue weighted by molar-refractivity contribution is -0.135. The Morgan fingerprint density at radius 1 is 1.14 bits per heavy atom. The smallest absolute Gasteiger partial charge is 0.334 e. The highest BCUT2D eigenvalue weighted by molar-refractivity contribution is 5.66. The van der Waals surface area contributed by atoms with Gasteiger partial charge in [-0.1, -0.05) is 6.58 Å². The van der Waals surface area contributed by atoms with Crippen LogP contribution in [0.5, 0.6) is 0 Å². The van der Waals surface area contributed by atoms with Gasteiger partial charge < -0.3 is 4.74 Å². The molecule has 0 aliphatic heterocycles. The maximum Gasteiger partial charge on any atom is 0.334 e. The molecule has 0 radical (unpaired) electrons. The third-order valence-corrected chi connectivity index (χ3v) is 0.392. The maximum absolute atomic E-state index is 10.3. The molecule has 2 nitrogen and oxygen atoms in total. The van der Waals surface area contributed by atoms with Crippen LogP contribution in [0.3, 0.4) is 0 Å². The number of rotatable bonds is 1. The molecule has 0 bridgehead atoms. The Balaban J connectivity index is -0.000000147. The average molecular weight is 214 g/mol. The van der Waals surface area contributed by atoms with Crippen LogP contribution in [0.4, 0.5) is 17.6 Å². The highest BCUT2D eigenvalue weighted by Crippen LogP contribution is 2.08. The van der Waals surface area contributed by atoms with Crippen molar-refractivity contribution in [2.45, 2.75) is 6.92 Å².